The van der Waals surface area contributed by atoms with E-state index in [9.17, 15) is 9.59 Å². The van der Waals surface area contributed by atoms with Crippen LogP contribution in [0.15, 0.2) is 18.2 Å². The first kappa shape index (κ1) is 16.1. The molecule has 2 fully saturated rings. The minimum atomic E-state index is -0.186. The van der Waals surface area contributed by atoms with Gasteiger partial charge in [-0.25, -0.2) is 4.79 Å². The molecule has 7 heteroatoms. The van der Waals surface area contributed by atoms with Crippen LogP contribution in [0.25, 0.3) is 0 Å². The van der Waals surface area contributed by atoms with Gasteiger partial charge in [-0.15, -0.1) is 0 Å². The summed E-state index contributed by atoms with van der Waals surface area (Å²) >= 11 is 6.20. The summed E-state index contributed by atoms with van der Waals surface area (Å²) in [4.78, 5) is 25.9. The van der Waals surface area contributed by atoms with Crippen LogP contribution < -0.4 is 20.9 Å². The molecule has 2 unspecified atom stereocenters. The highest BCUT2D eigenvalue weighted by Crippen LogP contribution is 2.28. The Kier molecular flexibility index (Phi) is 4.73. The van der Waals surface area contributed by atoms with E-state index in [1.54, 1.807) is 23.1 Å². The van der Waals surface area contributed by atoms with Crippen molar-refractivity contribution < 1.29 is 9.59 Å². The van der Waals surface area contributed by atoms with E-state index >= 15 is 0 Å². The summed E-state index contributed by atoms with van der Waals surface area (Å²) in [6.07, 6.45) is 1.05. The summed E-state index contributed by atoms with van der Waals surface area (Å²) in [5, 5.41) is 9.57. The van der Waals surface area contributed by atoms with Gasteiger partial charge in [0.25, 0.3) is 5.91 Å². The van der Waals surface area contributed by atoms with Crippen molar-refractivity contribution in [3.63, 3.8) is 0 Å². The highest BCUT2D eigenvalue weighted by molar-refractivity contribution is 6.34. The molecule has 1 aromatic rings. The van der Waals surface area contributed by atoms with E-state index in [1.165, 1.54) is 0 Å². The van der Waals surface area contributed by atoms with E-state index in [0.717, 1.165) is 19.5 Å². The maximum atomic E-state index is 12.5. The number of nitrogens with one attached hydrogen (secondary N) is 3. The number of rotatable bonds is 3. The number of carbonyl (C=O) groups is 2. The van der Waals surface area contributed by atoms with Crippen molar-refractivity contribution in [3.8, 4) is 0 Å². The number of anilines is 1. The van der Waals surface area contributed by atoms with E-state index < -0.39 is 0 Å². The molecular weight excluding hydrogens is 316 g/mol. The van der Waals surface area contributed by atoms with Crippen LogP contribution in [-0.4, -0.2) is 44.2 Å². The Labute approximate surface area is 140 Å². The number of benzene rings is 1. The molecule has 2 saturated heterocycles. The number of amides is 3. The maximum absolute atomic E-state index is 12.5. The Balaban J connectivity index is 1.77. The summed E-state index contributed by atoms with van der Waals surface area (Å²) in [5.74, 6) is 0.305. The van der Waals surface area contributed by atoms with Crippen molar-refractivity contribution >= 4 is 29.2 Å². The third kappa shape index (κ3) is 3.43. The fourth-order valence-corrected chi connectivity index (χ4v) is 3.22. The first-order valence-corrected chi connectivity index (χ1v) is 8.30. The van der Waals surface area contributed by atoms with Gasteiger partial charge in [0.2, 0.25) is 0 Å². The zero-order valence-corrected chi connectivity index (χ0v) is 13.8. The van der Waals surface area contributed by atoms with Gasteiger partial charge in [0.05, 0.1) is 10.7 Å². The SMILES string of the molecule is CC1CCNCC1NC(=O)c1ccc(Cl)c(N2CCNC2=O)c1. The Morgan fingerprint density at radius 3 is 2.91 bits per heavy atom. The molecule has 6 nitrogen and oxygen atoms in total. The highest BCUT2D eigenvalue weighted by atomic mass is 35.5. The van der Waals surface area contributed by atoms with Crippen LogP contribution in [0, 0.1) is 5.92 Å². The molecule has 0 saturated carbocycles. The molecule has 2 aliphatic heterocycles. The molecule has 3 amide bonds. The lowest BCUT2D eigenvalue weighted by Gasteiger charge is -2.30. The molecule has 3 rings (SSSR count). The van der Waals surface area contributed by atoms with Crippen LogP contribution in [0.3, 0.4) is 0 Å². The normalized spacial score (nSPS) is 24.4. The molecule has 2 heterocycles. The molecular formula is C16H21ClN4O2. The third-order valence-electron chi connectivity index (χ3n) is 4.50. The van der Waals surface area contributed by atoms with Gasteiger partial charge in [0, 0.05) is 31.2 Å². The summed E-state index contributed by atoms with van der Waals surface area (Å²) in [5.41, 5.74) is 1.09. The molecule has 0 spiro atoms. The van der Waals surface area contributed by atoms with Crippen LogP contribution in [0.2, 0.25) is 5.02 Å². The van der Waals surface area contributed by atoms with Gasteiger partial charge in [-0.2, -0.15) is 0 Å². The molecule has 3 N–H and O–H groups in total. The predicted octanol–water partition coefficient (Wildman–Crippen LogP) is 1.60. The van der Waals surface area contributed by atoms with Crippen molar-refractivity contribution in [2.45, 2.75) is 19.4 Å². The molecule has 2 atom stereocenters. The molecule has 2 aliphatic rings. The number of hydrogen-bond acceptors (Lipinski definition) is 3. The molecule has 0 radical (unpaired) electrons. The second-order valence-corrected chi connectivity index (χ2v) is 6.51. The number of hydrogen-bond donors (Lipinski definition) is 3. The second kappa shape index (κ2) is 6.76. The van der Waals surface area contributed by atoms with Gasteiger partial charge >= 0.3 is 6.03 Å². The summed E-state index contributed by atoms with van der Waals surface area (Å²) in [6, 6.07) is 4.97. The first-order valence-electron chi connectivity index (χ1n) is 7.93. The van der Waals surface area contributed by atoms with Crippen molar-refractivity contribution in [3.05, 3.63) is 28.8 Å². The van der Waals surface area contributed by atoms with Crippen LogP contribution in [-0.2, 0) is 0 Å². The minimum absolute atomic E-state index is 0.116. The first-order chi connectivity index (χ1) is 11.1. The molecule has 0 aromatic heterocycles. The topological polar surface area (TPSA) is 73.5 Å². The summed E-state index contributed by atoms with van der Waals surface area (Å²) in [6.45, 7) is 5.04. The zero-order valence-electron chi connectivity index (χ0n) is 13.1. The summed E-state index contributed by atoms with van der Waals surface area (Å²) in [7, 11) is 0. The molecule has 1 aromatic carbocycles. The van der Waals surface area contributed by atoms with Crippen molar-refractivity contribution in [2.75, 3.05) is 31.1 Å². The highest BCUT2D eigenvalue weighted by Gasteiger charge is 2.26. The number of carbonyl (C=O) groups excluding carboxylic acids is 2. The van der Waals surface area contributed by atoms with E-state index in [4.69, 9.17) is 11.6 Å². The van der Waals surface area contributed by atoms with Crippen LogP contribution >= 0.6 is 11.6 Å². The van der Waals surface area contributed by atoms with Crippen LogP contribution in [0.1, 0.15) is 23.7 Å². The quantitative estimate of drug-likeness (QED) is 0.785. The standard InChI is InChI=1S/C16H21ClN4O2/c1-10-4-5-18-9-13(10)20-15(22)11-2-3-12(17)14(8-11)21-7-6-19-16(21)23/h2-3,8,10,13,18H,4-7,9H2,1H3,(H,19,23)(H,20,22). The second-order valence-electron chi connectivity index (χ2n) is 6.10. The fraction of sp³-hybridized carbons (Fsp3) is 0.500. The average Bonchev–Trinajstić information content (AvgIpc) is 2.96. The smallest absolute Gasteiger partial charge is 0.322 e. The third-order valence-corrected chi connectivity index (χ3v) is 4.82. The molecule has 0 bridgehead atoms. The van der Waals surface area contributed by atoms with Gasteiger partial charge in [-0.1, -0.05) is 18.5 Å². The number of urea groups is 1. The number of halogens is 1. The zero-order chi connectivity index (χ0) is 16.4. The van der Waals surface area contributed by atoms with Crippen molar-refractivity contribution in [1.29, 1.82) is 0 Å². The number of piperidine rings is 1. The number of nitrogens with zero attached hydrogens (tertiary/aromatic N) is 1. The van der Waals surface area contributed by atoms with Crippen LogP contribution in [0.4, 0.5) is 10.5 Å². The molecule has 0 aliphatic carbocycles. The Bertz CT molecular complexity index is 622. The van der Waals surface area contributed by atoms with Crippen molar-refractivity contribution in [1.82, 2.24) is 16.0 Å². The van der Waals surface area contributed by atoms with Crippen molar-refractivity contribution in [2.24, 2.45) is 5.92 Å². The molecule has 124 valence electrons. The van der Waals surface area contributed by atoms with Gasteiger partial charge in [0.1, 0.15) is 0 Å². The lowest BCUT2D eigenvalue weighted by molar-refractivity contribution is 0.0915. The Hall–Kier alpha value is -1.79. The van der Waals surface area contributed by atoms with Crippen LogP contribution in [0.5, 0.6) is 0 Å². The predicted molar refractivity (Wildman–Crippen MR) is 90.1 cm³/mol. The largest absolute Gasteiger partial charge is 0.348 e. The minimum Gasteiger partial charge on any atom is -0.348 e. The van der Waals surface area contributed by atoms with E-state index in [1.807, 2.05) is 0 Å². The van der Waals surface area contributed by atoms with E-state index in [2.05, 4.69) is 22.9 Å². The average molecular weight is 337 g/mol. The fourth-order valence-electron chi connectivity index (χ4n) is 3.00. The lowest BCUT2D eigenvalue weighted by Crippen LogP contribution is -2.50. The monoisotopic (exact) mass is 336 g/mol. The van der Waals surface area contributed by atoms with E-state index in [-0.39, 0.29) is 18.0 Å². The van der Waals surface area contributed by atoms with E-state index in [0.29, 0.717) is 35.3 Å². The maximum Gasteiger partial charge on any atom is 0.322 e. The lowest BCUT2D eigenvalue weighted by atomic mass is 9.94. The van der Waals surface area contributed by atoms with Gasteiger partial charge < -0.3 is 16.0 Å². The Morgan fingerprint density at radius 2 is 2.22 bits per heavy atom. The Morgan fingerprint density at radius 1 is 1.39 bits per heavy atom. The van der Waals surface area contributed by atoms with Gasteiger partial charge in [0.15, 0.2) is 0 Å². The van der Waals surface area contributed by atoms with Gasteiger partial charge in [-0.3, -0.25) is 9.69 Å². The van der Waals surface area contributed by atoms with Gasteiger partial charge in [-0.05, 0) is 37.1 Å². The summed E-state index contributed by atoms with van der Waals surface area (Å²) < 4.78 is 0. The molecule has 23 heavy (non-hydrogen) atoms.